The summed E-state index contributed by atoms with van der Waals surface area (Å²) < 4.78 is 0. The predicted molar refractivity (Wildman–Crippen MR) is 33.2 cm³/mol. The second-order valence-corrected chi connectivity index (χ2v) is 0.710. The molecule has 0 aromatic rings. The van der Waals surface area contributed by atoms with Crippen molar-refractivity contribution >= 4 is 5.91 Å². The molecule has 0 aliphatic heterocycles. The zero-order valence-corrected chi connectivity index (χ0v) is 5.43. The van der Waals surface area contributed by atoms with Gasteiger partial charge >= 0.3 is 5.91 Å². The number of rotatable bonds is 1. The molecule has 0 aliphatic carbocycles. The first-order valence-electron chi connectivity index (χ1n) is 2.47. The summed E-state index contributed by atoms with van der Waals surface area (Å²) in [6, 6.07) is 0. The van der Waals surface area contributed by atoms with Gasteiger partial charge in [-0.05, 0) is 5.92 Å². The third kappa shape index (κ3) is 10.9. The lowest BCUT2D eigenvalue weighted by Crippen LogP contribution is -2.33. The highest BCUT2D eigenvalue weighted by molar-refractivity contribution is 5.92. The average Bonchev–Trinajstić information content (AvgIpc) is 1.93. The minimum Gasteiger partial charge on any atom is -0.297 e. The molecule has 4 heteroatoms. The van der Waals surface area contributed by atoms with Gasteiger partial charge in [0.2, 0.25) is 0 Å². The Morgan fingerprint density at radius 1 is 1.67 bits per heavy atom. The van der Waals surface area contributed by atoms with E-state index in [4.69, 9.17) is 5.21 Å². The molecule has 0 rings (SSSR count). The number of amides is 1. The zero-order chi connectivity index (χ0) is 7.70. The normalized spacial score (nSPS) is 6.00. The molecule has 4 nitrogen and oxygen atoms in total. The molecule has 0 heterocycles. The number of carbonyl (C=O) groups excluding carboxylic acids is 1. The van der Waals surface area contributed by atoms with Crippen LogP contribution in [0.5, 0.6) is 0 Å². The van der Waals surface area contributed by atoms with Crippen LogP contribution >= 0.6 is 0 Å². The van der Waals surface area contributed by atoms with Gasteiger partial charge in [0.05, 0.1) is 0 Å². The molecule has 9 heavy (non-hydrogen) atoms. The zero-order valence-electron chi connectivity index (χ0n) is 5.43. The van der Waals surface area contributed by atoms with Gasteiger partial charge in [-0.2, -0.15) is 0 Å². The molecule has 0 aromatic heterocycles. The Hall–Kier alpha value is -1.05. The van der Waals surface area contributed by atoms with Gasteiger partial charge in [-0.1, -0.05) is 13.8 Å². The fourth-order valence-electron chi connectivity index (χ4n) is 0.0869. The van der Waals surface area contributed by atoms with E-state index in [2.05, 4.69) is 6.42 Å². The summed E-state index contributed by atoms with van der Waals surface area (Å²) in [4.78, 5) is 9.84. The second kappa shape index (κ2) is 10.0. The number of hydrogen-bond acceptors (Lipinski definition) is 3. The van der Waals surface area contributed by atoms with Crippen LogP contribution in [0.3, 0.4) is 0 Å². The molecule has 0 saturated carbocycles. The van der Waals surface area contributed by atoms with Gasteiger partial charge in [-0.25, -0.2) is 0 Å². The maximum atomic E-state index is 9.84. The van der Waals surface area contributed by atoms with Gasteiger partial charge < -0.3 is 0 Å². The predicted octanol–water partition coefficient (Wildman–Crippen LogP) is -0.344. The summed E-state index contributed by atoms with van der Waals surface area (Å²) in [5.41, 5.74) is 3.10. The van der Waals surface area contributed by atoms with Crippen LogP contribution in [0.2, 0.25) is 0 Å². The van der Waals surface area contributed by atoms with Crippen LogP contribution in [-0.4, -0.2) is 11.1 Å². The third-order valence-corrected chi connectivity index (χ3v) is 0.301. The van der Waals surface area contributed by atoms with Gasteiger partial charge in [-0.3, -0.25) is 15.4 Å². The molecular weight excluding hydrogens is 120 g/mol. The highest BCUT2D eigenvalue weighted by Gasteiger charge is 1.85. The van der Waals surface area contributed by atoms with Crippen LogP contribution in [0.15, 0.2) is 0 Å². The lowest BCUT2D eigenvalue weighted by atomic mass is 10.7. The first-order chi connectivity index (χ1) is 4.31. The van der Waals surface area contributed by atoms with Gasteiger partial charge in [0.1, 0.15) is 0 Å². The molecule has 0 aliphatic rings. The summed E-state index contributed by atoms with van der Waals surface area (Å²) >= 11 is 0. The van der Waals surface area contributed by atoms with Crippen molar-refractivity contribution in [3.8, 4) is 12.3 Å². The Balaban J connectivity index is 0. The number of terminal acetylenes is 1. The summed E-state index contributed by atoms with van der Waals surface area (Å²) in [7, 11) is 0. The van der Waals surface area contributed by atoms with Crippen molar-refractivity contribution in [1.82, 2.24) is 11.0 Å². The molecule has 0 aromatic carbocycles. The van der Waals surface area contributed by atoms with E-state index in [0.717, 1.165) is 0 Å². The van der Waals surface area contributed by atoms with Gasteiger partial charge in [0.15, 0.2) is 0 Å². The topological polar surface area (TPSA) is 61.4 Å². The maximum absolute atomic E-state index is 9.84. The minimum absolute atomic E-state index is 0.706. The lowest BCUT2D eigenvalue weighted by molar-refractivity contribution is -0.119. The standard InChI is InChI=1S/C3H4N2O2.C2H6/c1-2-3(6)4-5-7;1-2/h1,5,7H,(H,4,6);1-2H3. The second-order valence-electron chi connectivity index (χ2n) is 0.710. The molecule has 52 valence electrons. The van der Waals surface area contributed by atoms with Crippen molar-refractivity contribution in [3.63, 3.8) is 0 Å². The van der Waals surface area contributed by atoms with Gasteiger partial charge in [0.25, 0.3) is 0 Å². The molecule has 0 fully saturated rings. The molecule has 0 unspecified atom stereocenters. The fourth-order valence-corrected chi connectivity index (χ4v) is 0.0869. The van der Waals surface area contributed by atoms with Crippen LogP contribution < -0.4 is 11.0 Å². The van der Waals surface area contributed by atoms with E-state index in [1.807, 2.05) is 13.8 Å². The van der Waals surface area contributed by atoms with Crippen LogP contribution in [0, 0.1) is 12.3 Å². The largest absolute Gasteiger partial charge is 0.311 e. The Morgan fingerprint density at radius 2 is 2.11 bits per heavy atom. The van der Waals surface area contributed by atoms with E-state index in [1.165, 1.54) is 5.59 Å². The van der Waals surface area contributed by atoms with Gasteiger partial charge in [0, 0.05) is 0 Å². The van der Waals surface area contributed by atoms with Crippen molar-refractivity contribution in [1.29, 1.82) is 0 Å². The van der Waals surface area contributed by atoms with E-state index >= 15 is 0 Å². The molecule has 0 atom stereocenters. The molecule has 0 radical (unpaired) electrons. The van der Waals surface area contributed by atoms with Crippen molar-refractivity contribution in [3.05, 3.63) is 0 Å². The summed E-state index contributed by atoms with van der Waals surface area (Å²) in [5.74, 6) is 0.987. The highest BCUT2D eigenvalue weighted by Crippen LogP contribution is 1.48. The first-order valence-corrected chi connectivity index (χ1v) is 2.47. The average molecular weight is 130 g/mol. The van der Waals surface area contributed by atoms with Crippen molar-refractivity contribution in [2.45, 2.75) is 13.8 Å². The van der Waals surface area contributed by atoms with Crippen LogP contribution in [0.1, 0.15) is 13.8 Å². The molecule has 0 bridgehead atoms. The highest BCUT2D eigenvalue weighted by atomic mass is 16.5. The Kier molecular flexibility index (Phi) is 12.1. The SMILES string of the molecule is C#CC(=O)NNO.CC. The van der Waals surface area contributed by atoms with Gasteiger partial charge in [-0.15, -0.1) is 12.0 Å². The molecule has 0 spiro atoms. The Morgan fingerprint density at radius 3 is 2.22 bits per heavy atom. The van der Waals surface area contributed by atoms with Crippen LogP contribution in [0.4, 0.5) is 0 Å². The number of hydrogen-bond donors (Lipinski definition) is 3. The van der Waals surface area contributed by atoms with E-state index in [9.17, 15) is 4.79 Å². The van der Waals surface area contributed by atoms with E-state index in [1.54, 1.807) is 11.3 Å². The number of nitrogens with one attached hydrogen (secondary N) is 2. The monoisotopic (exact) mass is 130 g/mol. The fraction of sp³-hybridized carbons (Fsp3) is 0.400. The van der Waals surface area contributed by atoms with E-state index in [0.29, 0.717) is 0 Å². The third-order valence-electron chi connectivity index (χ3n) is 0.301. The first kappa shape index (κ1) is 10.8. The Labute approximate surface area is 54.2 Å². The molecular formula is C5H10N2O2. The quantitative estimate of drug-likeness (QED) is 0.336. The number of hydrazine groups is 1. The minimum atomic E-state index is -0.706. The Bertz CT molecular complexity index is 106. The summed E-state index contributed by atoms with van der Waals surface area (Å²) in [5, 5.41) is 7.69. The summed E-state index contributed by atoms with van der Waals surface area (Å²) in [6.45, 7) is 4.00. The van der Waals surface area contributed by atoms with Crippen molar-refractivity contribution in [2.75, 3.05) is 0 Å². The van der Waals surface area contributed by atoms with E-state index < -0.39 is 5.91 Å². The van der Waals surface area contributed by atoms with Crippen LogP contribution in [-0.2, 0) is 4.79 Å². The maximum Gasteiger partial charge on any atom is 0.311 e. The molecule has 3 N–H and O–H groups in total. The smallest absolute Gasteiger partial charge is 0.297 e. The van der Waals surface area contributed by atoms with Crippen LogP contribution in [0.25, 0.3) is 0 Å². The molecule has 0 saturated heterocycles. The van der Waals surface area contributed by atoms with Crippen molar-refractivity contribution in [2.24, 2.45) is 0 Å². The van der Waals surface area contributed by atoms with Crippen molar-refractivity contribution < 1.29 is 10.0 Å². The number of carbonyl (C=O) groups is 1. The molecule has 1 amide bonds. The van der Waals surface area contributed by atoms with E-state index in [-0.39, 0.29) is 0 Å². The lowest BCUT2D eigenvalue weighted by Gasteiger charge is -1.89. The summed E-state index contributed by atoms with van der Waals surface area (Å²) in [6.07, 6.45) is 4.54.